The number of rotatable bonds is 2. The molecule has 0 unspecified atom stereocenters. The molecule has 3 rings (SSSR count). The molecule has 0 fully saturated rings. The summed E-state index contributed by atoms with van der Waals surface area (Å²) in [6, 6.07) is 3.34. The lowest BCUT2D eigenvalue weighted by molar-refractivity contribution is 0.762. The molecule has 0 atom stereocenters. The number of hydrogen-bond donors (Lipinski definition) is 1. The van der Waals surface area contributed by atoms with Crippen molar-refractivity contribution in [3.05, 3.63) is 34.6 Å². The Labute approximate surface area is 123 Å². The molecule has 2 heterocycles. The van der Waals surface area contributed by atoms with Crippen molar-refractivity contribution in [1.82, 2.24) is 30.0 Å². The number of hydrogen-bond acceptors (Lipinski definition) is 5. The van der Waals surface area contributed by atoms with Gasteiger partial charge in [0.2, 0.25) is 0 Å². The number of benzene rings is 1. The Kier molecular flexibility index (Phi) is 3.07. The van der Waals surface area contributed by atoms with Gasteiger partial charge in [0.1, 0.15) is 5.69 Å². The molecule has 0 aliphatic carbocycles. The van der Waals surface area contributed by atoms with Gasteiger partial charge in [0.05, 0.1) is 28.1 Å². The van der Waals surface area contributed by atoms with Crippen LogP contribution in [0.4, 0.5) is 5.69 Å². The zero-order valence-electron chi connectivity index (χ0n) is 10.3. The molecule has 0 aliphatic heterocycles. The van der Waals surface area contributed by atoms with Crippen molar-refractivity contribution in [2.45, 2.75) is 0 Å². The molecule has 2 N–H and O–H groups in total. The third-order valence-electron chi connectivity index (χ3n) is 2.72. The first-order valence-electron chi connectivity index (χ1n) is 5.58. The number of anilines is 1. The summed E-state index contributed by atoms with van der Waals surface area (Å²) >= 11 is 12.0. The summed E-state index contributed by atoms with van der Waals surface area (Å²) in [5, 5.41) is 16.4. The molecule has 0 bridgehead atoms. The molecule has 102 valence electrons. The van der Waals surface area contributed by atoms with Gasteiger partial charge in [0.25, 0.3) is 0 Å². The van der Waals surface area contributed by atoms with Crippen LogP contribution in [-0.4, -0.2) is 30.0 Å². The Morgan fingerprint density at radius 3 is 2.70 bits per heavy atom. The van der Waals surface area contributed by atoms with Crippen molar-refractivity contribution in [3.8, 4) is 17.1 Å². The van der Waals surface area contributed by atoms with Crippen molar-refractivity contribution in [1.29, 1.82) is 0 Å². The van der Waals surface area contributed by atoms with E-state index in [1.807, 2.05) is 7.05 Å². The van der Waals surface area contributed by atoms with E-state index in [0.717, 1.165) is 5.69 Å². The van der Waals surface area contributed by atoms with Crippen molar-refractivity contribution < 1.29 is 0 Å². The highest BCUT2D eigenvalue weighted by Gasteiger charge is 2.15. The molecule has 20 heavy (non-hydrogen) atoms. The standard InChI is InChI=1S/C11H9Cl2N7/c1-19-5-7(4-15-19)20-11(16-17-18-20)6-2-8(12)10(13)9(14)3-6/h2-5H,14H2,1H3. The summed E-state index contributed by atoms with van der Waals surface area (Å²) in [4.78, 5) is 0. The van der Waals surface area contributed by atoms with Crippen LogP contribution in [0.5, 0.6) is 0 Å². The van der Waals surface area contributed by atoms with Crippen LogP contribution in [0, 0.1) is 0 Å². The lowest BCUT2D eigenvalue weighted by atomic mass is 10.2. The largest absolute Gasteiger partial charge is 0.397 e. The number of nitrogen functional groups attached to an aromatic ring is 1. The van der Waals surface area contributed by atoms with Gasteiger partial charge >= 0.3 is 0 Å². The number of halogens is 2. The van der Waals surface area contributed by atoms with Gasteiger partial charge in [-0.15, -0.1) is 5.10 Å². The van der Waals surface area contributed by atoms with E-state index in [1.54, 1.807) is 33.9 Å². The van der Waals surface area contributed by atoms with Crippen molar-refractivity contribution in [2.24, 2.45) is 7.05 Å². The highest BCUT2D eigenvalue weighted by molar-refractivity contribution is 6.43. The van der Waals surface area contributed by atoms with Crippen molar-refractivity contribution in [3.63, 3.8) is 0 Å². The number of nitrogens with zero attached hydrogens (tertiary/aromatic N) is 6. The fourth-order valence-corrected chi connectivity index (χ4v) is 2.13. The van der Waals surface area contributed by atoms with Crippen LogP contribution in [0.25, 0.3) is 17.1 Å². The van der Waals surface area contributed by atoms with Crippen LogP contribution in [0.2, 0.25) is 10.0 Å². The van der Waals surface area contributed by atoms with Gasteiger partial charge in [-0.3, -0.25) is 4.68 Å². The molecule has 0 spiro atoms. The van der Waals surface area contributed by atoms with E-state index in [0.29, 0.717) is 27.1 Å². The Bertz CT molecular complexity index is 754. The zero-order chi connectivity index (χ0) is 14.3. The highest BCUT2D eigenvalue weighted by atomic mass is 35.5. The summed E-state index contributed by atoms with van der Waals surface area (Å²) in [6.07, 6.45) is 3.45. The highest BCUT2D eigenvalue weighted by Crippen LogP contribution is 2.33. The van der Waals surface area contributed by atoms with Crippen LogP contribution in [0.3, 0.4) is 0 Å². The maximum absolute atomic E-state index is 6.03. The van der Waals surface area contributed by atoms with Gasteiger partial charge < -0.3 is 5.73 Å². The second-order valence-electron chi connectivity index (χ2n) is 4.15. The predicted molar refractivity (Wildman–Crippen MR) is 75.8 cm³/mol. The Hall–Kier alpha value is -2.12. The minimum Gasteiger partial charge on any atom is -0.397 e. The van der Waals surface area contributed by atoms with Crippen LogP contribution in [-0.2, 0) is 7.05 Å². The first-order chi connectivity index (χ1) is 9.56. The van der Waals surface area contributed by atoms with Crippen LogP contribution in [0.1, 0.15) is 0 Å². The minimum absolute atomic E-state index is 0.316. The number of aryl methyl sites for hydroxylation is 1. The summed E-state index contributed by atoms with van der Waals surface area (Å²) in [7, 11) is 1.81. The Morgan fingerprint density at radius 1 is 1.25 bits per heavy atom. The smallest absolute Gasteiger partial charge is 0.187 e. The zero-order valence-corrected chi connectivity index (χ0v) is 11.8. The molecular formula is C11H9Cl2N7. The fourth-order valence-electron chi connectivity index (χ4n) is 1.80. The van der Waals surface area contributed by atoms with E-state index in [-0.39, 0.29) is 0 Å². The molecule has 0 radical (unpaired) electrons. The topological polar surface area (TPSA) is 87.4 Å². The van der Waals surface area contributed by atoms with Crippen LogP contribution in [0.15, 0.2) is 24.5 Å². The average Bonchev–Trinajstić information content (AvgIpc) is 3.03. The van der Waals surface area contributed by atoms with E-state index in [4.69, 9.17) is 28.9 Å². The maximum atomic E-state index is 6.03. The van der Waals surface area contributed by atoms with Gasteiger partial charge in [-0.2, -0.15) is 9.78 Å². The first-order valence-corrected chi connectivity index (χ1v) is 6.34. The summed E-state index contributed by atoms with van der Waals surface area (Å²) in [5.74, 6) is 0.503. The minimum atomic E-state index is 0.316. The second kappa shape index (κ2) is 4.77. The fraction of sp³-hybridized carbons (Fsp3) is 0.0909. The lowest BCUT2D eigenvalue weighted by Gasteiger charge is -2.06. The van der Waals surface area contributed by atoms with Crippen LogP contribution < -0.4 is 5.73 Å². The maximum Gasteiger partial charge on any atom is 0.187 e. The molecule has 0 aliphatic rings. The average molecular weight is 310 g/mol. The SMILES string of the molecule is Cn1cc(-n2nnnc2-c2cc(N)c(Cl)c(Cl)c2)cn1. The predicted octanol–water partition coefficient (Wildman–Crippen LogP) is 1.95. The monoisotopic (exact) mass is 309 g/mol. The van der Waals surface area contributed by atoms with Crippen molar-refractivity contribution in [2.75, 3.05) is 5.73 Å². The molecule has 0 saturated carbocycles. The first kappa shape index (κ1) is 12.9. The number of tetrazole rings is 1. The van der Waals surface area contributed by atoms with Crippen molar-refractivity contribution >= 4 is 28.9 Å². The molecule has 1 aromatic carbocycles. The van der Waals surface area contributed by atoms with E-state index in [9.17, 15) is 0 Å². The van der Waals surface area contributed by atoms with Gasteiger partial charge in [0.15, 0.2) is 5.82 Å². The Morgan fingerprint density at radius 2 is 2.05 bits per heavy atom. The van der Waals surface area contributed by atoms with E-state index < -0.39 is 0 Å². The van der Waals surface area contributed by atoms with Gasteiger partial charge in [-0.1, -0.05) is 23.2 Å². The molecule has 7 nitrogen and oxygen atoms in total. The second-order valence-corrected chi connectivity index (χ2v) is 4.93. The summed E-state index contributed by atoms with van der Waals surface area (Å²) < 4.78 is 3.20. The van der Waals surface area contributed by atoms with Gasteiger partial charge in [-0.05, 0) is 22.6 Å². The quantitative estimate of drug-likeness (QED) is 0.731. The molecule has 2 aromatic heterocycles. The number of nitrogens with two attached hydrogens (primary N) is 1. The normalized spacial score (nSPS) is 10.9. The molecule has 3 aromatic rings. The van der Waals surface area contributed by atoms with E-state index >= 15 is 0 Å². The van der Waals surface area contributed by atoms with E-state index in [1.165, 1.54) is 0 Å². The third-order valence-corrected chi connectivity index (χ3v) is 3.54. The summed E-state index contributed by atoms with van der Waals surface area (Å²) in [5.41, 5.74) is 7.59. The molecule has 9 heteroatoms. The lowest BCUT2D eigenvalue weighted by Crippen LogP contribution is -1.99. The Balaban J connectivity index is 2.15. The summed E-state index contributed by atoms with van der Waals surface area (Å²) in [6.45, 7) is 0. The van der Waals surface area contributed by atoms with Gasteiger partial charge in [-0.25, -0.2) is 0 Å². The molecule has 0 saturated heterocycles. The third kappa shape index (κ3) is 2.10. The molecular weight excluding hydrogens is 301 g/mol. The number of aromatic nitrogens is 6. The van der Waals surface area contributed by atoms with E-state index in [2.05, 4.69) is 20.6 Å². The van der Waals surface area contributed by atoms with Crippen LogP contribution >= 0.6 is 23.2 Å². The van der Waals surface area contributed by atoms with Gasteiger partial charge in [0, 0.05) is 12.6 Å². The molecule has 0 amide bonds.